The fraction of sp³-hybridized carbons (Fsp3) is 0.421. The van der Waals surface area contributed by atoms with Crippen LogP contribution in [0.3, 0.4) is 0 Å². The van der Waals surface area contributed by atoms with Gasteiger partial charge in [0.2, 0.25) is 0 Å². The van der Waals surface area contributed by atoms with Gasteiger partial charge in [-0.2, -0.15) is 5.10 Å². The Morgan fingerprint density at radius 1 is 1.33 bits per heavy atom. The van der Waals surface area contributed by atoms with E-state index in [2.05, 4.69) is 27.9 Å². The molecule has 8 nitrogen and oxygen atoms in total. The predicted molar refractivity (Wildman–Crippen MR) is 99.0 cm³/mol. The van der Waals surface area contributed by atoms with Crippen molar-refractivity contribution in [3.8, 4) is 5.75 Å². The number of benzene rings is 1. The number of aliphatic hydroxyl groups excluding tert-OH is 1. The summed E-state index contributed by atoms with van der Waals surface area (Å²) in [5, 5.41) is 19.2. The maximum atomic E-state index is 12.3. The second-order valence-corrected chi connectivity index (χ2v) is 6.79. The minimum Gasteiger partial charge on any atom is -0.491 e. The van der Waals surface area contributed by atoms with Gasteiger partial charge in [0, 0.05) is 12.6 Å². The number of carbonyl (C=O) groups is 2. The molecule has 3 rings (SSSR count). The number of hydrogen-bond donors (Lipinski definition) is 3. The summed E-state index contributed by atoms with van der Waals surface area (Å²) >= 11 is 0. The molecule has 0 aliphatic carbocycles. The molecule has 0 fully saturated rings. The van der Waals surface area contributed by atoms with E-state index in [-0.39, 0.29) is 36.3 Å². The summed E-state index contributed by atoms with van der Waals surface area (Å²) in [7, 11) is 0. The van der Waals surface area contributed by atoms with Gasteiger partial charge in [0.1, 0.15) is 18.1 Å². The third kappa shape index (κ3) is 4.28. The molecule has 2 heterocycles. The van der Waals surface area contributed by atoms with Crippen LogP contribution in [0.4, 0.5) is 0 Å². The molecule has 0 saturated heterocycles. The molecular formula is C19H24N4O4. The highest BCUT2D eigenvalue weighted by Gasteiger charge is 2.24. The van der Waals surface area contributed by atoms with Crippen LogP contribution in [0.2, 0.25) is 0 Å². The fourth-order valence-corrected chi connectivity index (χ4v) is 3.22. The van der Waals surface area contributed by atoms with Crippen LogP contribution >= 0.6 is 0 Å². The van der Waals surface area contributed by atoms with Crippen molar-refractivity contribution < 1.29 is 19.4 Å². The summed E-state index contributed by atoms with van der Waals surface area (Å²) in [5.74, 6) is 0.0831. The number of rotatable bonds is 5. The van der Waals surface area contributed by atoms with Crippen molar-refractivity contribution in [2.45, 2.75) is 33.4 Å². The molecular weight excluding hydrogens is 348 g/mol. The lowest BCUT2D eigenvalue weighted by atomic mass is 10.1. The topological polar surface area (TPSA) is 105 Å². The lowest BCUT2D eigenvalue weighted by Crippen LogP contribution is -2.30. The molecule has 144 valence electrons. The van der Waals surface area contributed by atoms with E-state index in [9.17, 15) is 14.7 Å². The Kier molecular flexibility index (Phi) is 5.46. The summed E-state index contributed by atoms with van der Waals surface area (Å²) in [5.41, 5.74) is 3.69. The Labute approximate surface area is 157 Å². The Morgan fingerprint density at radius 3 is 2.74 bits per heavy atom. The van der Waals surface area contributed by atoms with E-state index < -0.39 is 6.10 Å². The molecule has 1 unspecified atom stereocenters. The lowest BCUT2D eigenvalue weighted by molar-refractivity contribution is 0.0931. The number of hydrogen-bond acceptors (Lipinski definition) is 5. The van der Waals surface area contributed by atoms with Gasteiger partial charge in [-0.25, -0.2) is 0 Å². The molecule has 1 atom stereocenters. The largest absolute Gasteiger partial charge is 0.491 e. The first-order chi connectivity index (χ1) is 12.8. The standard InChI is InChI=1S/C19H24N4O4/c1-11-6-12(2)17(13(3)7-11)27-5-4-20-18(25)15-8-16-19(26)21-9-14(24)10-23(16)22-15/h6-8,14,24H,4-5,9-10H2,1-3H3,(H,20,25)(H,21,26). The van der Waals surface area contributed by atoms with Crippen LogP contribution in [0.25, 0.3) is 0 Å². The normalized spacial score (nSPS) is 16.3. The first-order valence-electron chi connectivity index (χ1n) is 8.88. The number of ether oxygens (including phenoxy) is 1. The molecule has 1 aromatic carbocycles. The number of aromatic nitrogens is 2. The zero-order valence-corrected chi connectivity index (χ0v) is 15.7. The van der Waals surface area contributed by atoms with Crippen LogP contribution in [0.15, 0.2) is 18.2 Å². The number of carbonyl (C=O) groups excluding carboxylic acids is 2. The molecule has 2 amide bonds. The van der Waals surface area contributed by atoms with Gasteiger partial charge in [-0.3, -0.25) is 14.3 Å². The molecule has 1 aromatic heterocycles. The molecule has 3 N–H and O–H groups in total. The van der Waals surface area contributed by atoms with Gasteiger partial charge in [0.15, 0.2) is 5.69 Å². The summed E-state index contributed by atoms with van der Waals surface area (Å²) in [6.07, 6.45) is -0.736. The second-order valence-electron chi connectivity index (χ2n) is 6.79. The lowest BCUT2D eigenvalue weighted by Gasteiger charge is -2.13. The van der Waals surface area contributed by atoms with Gasteiger partial charge in [0.25, 0.3) is 11.8 Å². The average molecular weight is 372 g/mol. The number of amides is 2. The molecule has 27 heavy (non-hydrogen) atoms. The molecule has 0 bridgehead atoms. The summed E-state index contributed by atoms with van der Waals surface area (Å²) in [6.45, 7) is 6.98. The quantitative estimate of drug-likeness (QED) is 0.671. The summed E-state index contributed by atoms with van der Waals surface area (Å²) in [6, 6.07) is 5.54. The minimum atomic E-state index is -0.736. The molecule has 1 aliphatic heterocycles. The maximum absolute atomic E-state index is 12.3. The van der Waals surface area contributed by atoms with E-state index in [0.29, 0.717) is 13.2 Å². The molecule has 1 aliphatic rings. The van der Waals surface area contributed by atoms with Crippen LogP contribution < -0.4 is 15.4 Å². The average Bonchev–Trinajstić information content (AvgIpc) is 2.96. The Hall–Kier alpha value is -2.87. The van der Waals surface area contributed by atoms with E-state index in [1.807, 2.05) is 20.8 Å². The highest BCUT2D eigenvalue weighted by Crippen LogP contribution is 2.24. The number of aryl methyl sites for hydroxylation is 3. The smallest absolute Gasteiger partial charge is 0.271 e. The van der Waals surface area contributed by atoms with Crippen molar-refractivity contribution >= 4 is 11.8 Å². The fourth-order valence-electron chi connectivity index (χ4n) is 3.22. The van der Waals surface area contributed by atoms with Crippen LogP contribution in [-0.2, 0) is 6.54 Å². The van der Waals surface area contributed by atoms with Crippen LogP contribution in [0.1, 0.15) is 37.7 Å². The number of nitrogens with zero attached hydrogens (tertiary/aromatic N) is 2. The molecule has 2 aromatic rings. The third-order valence-electron chi connectivity index (χ3n) is 4.37. The van der Waals surface area contributed by atoms with Gasteiger partial charge in [-0.05, 0) is 31.9 Å². The maximum Gasteiger partial charge on any atom is 0.271 e. The molecule has 0 saturated carbocycles. The van der Waals surface area contributed by atoms with Crippen molar-refractivity contribution in [1.82, 2.24) is 20.4 Å². The molecule has 0 spiro atoms. The molecule has 0 radical (unpaired) electrons. The van der Waals surface area contributed by atoms with Crippen molar-refractivity contribution in [1.29, 1.82) is 0 Å². The first-order valence-corrected chi connectivity index (χ1v) is 8.88. The first kappa shape index (κ1) is 18.9. The van der Waals surface area contributed by atoms with Crippen molar-refractivity contribution in [3.05, 3.63) is 46.3 Å². The van der Waals surface area contributed by atoms with E-state index in [1.54, 1.807) is 0 Å². The highest BCUT2D eigenvalue weighted by molar-refractivity contribution is 5.98. The Morgan fingerprint density at radius 2 is 2.04 bits per heavy atom. The number of fused-ring (bicyclic) bond motifs is 1. The van der Waals surface area contributed by atoms with Gasteiger partial charge < -0.3 is 20.5 Å². The summed E-state index contributed by atoms with van der Waals surface area (Å²) < 4.78 is 7.16. The zero-order valence-electron chi connectivity index (χ0n) is 15.7. The van der Waals surface area contributed by atoms with E-state index in [4.69, 9.17) is 4.74 Å². The monoisotopic (exact) mass is 372 g/mol. The number of aliphatic hydroxyl groups is 1. The minimum absolute atomic E-state index is 0.136. The second kappa shape index (κ2) is 7.79. The van der Waals surface area contributed by atoms with Gasteiger partial charge in [-0.15, -0.1) is 0 Å². The van der Waals surface area contributed by atoms with Crippen LogP contribution in [0.5, 0.6) is 5.75 Å². The zero-order chi connectivity index (χ0) is 19.6. The molecule has 8 heteroatoms. The van der Waals surface area contributed by atoms with Crippen molar-refractivity contribution in [2.24, 2.45) is 0 Å². The Bertz CT molecular complexity index is 852. The van der Waals surface area contributed by atoms with Gasteiger partial charge in [0.05, 0.1) is 19.2 Å². The van der Waals surface area contributed by atoms with Gasteiger partial charge >= 0.3 is 0 Å². The number of β-amino-alcohol motifs (C(OH)–C–C–N with tert-alkyl or cyclic N) is 1. The van der Waals surface area contributed by atoms with E-state index in [0.717, 1.165) is 16.9 Å². The Balaban J connectivity index is 1.57. The highest BCUT2D eigenvalue weighted by atomic mass is 16.5. The van der Waals surface area contributed by atoms with Crippen molar-refractivity contribution in [2.75, 3.05) is 19.7 Å². The van der Waals surface area contributed by atoms with E-state index in [1.165, 1.54) is 16.3 Å². The third-order valence-corrected chi connectivity index (χ3v) is 4.37. The predicted octanol–water partition coefficient (Wildman–Crippen LogP) is 0.721. The van der Waals surface area contributed by atoms with Crippen LogP contribution in [0, 0.1) is 20.8 Å². The van der Waals surface area contributed by atoms with Gasteiger partial charge in [-0.1, -0.05) is 17.7 Å². The SMILES string of the molecule is Cc1cc(C)c(OCCNC(=O)c2cc3n(n2)CC(O)CNC3=O)c(C)c1. The number of nitrogens with one attached hydrogen (secondary N) is 2. The summed E-state index contributed by atoms with van der Waals surface area (Å²) in [4.78, 5) is 24.2. The van der Waals surface area contributed by atoms with E-state index >= 15 is 0 Å². The van der Waals surface area contributed by atoms with Crippen molar-refractivity contribution in [3.63, 3.8) is 0 Å². The van der Waals surface area contributed by atoms with Crippen LogP contribution in [-0.4, -0.2) is 52.5 Å².